The summed E-state index contributed by atoms with van der Waals surface area (Å²) in [7, 11) is 0. The Morgan fingerprint density at radius 2 is 1.13 bits per heavy atom. The summed E-state index contributed by atoms with van der Waals surface area (Å²) in [5.74, 6) is 0.351. The molecule has 1 aliphatic rings. The van der Waals surface area contributed by atoms with E-state index in [0.717, 1.165) is 12.8 Å². The molecule has 0 aromatic carbocycles. The smallest absolute Gasteiger partial charge is 0.444 e. The van der Waals surface area contributed by atoms with E-state index in [9.17, 15) is 14.4 Å². The summed E-state index contributed by atoms with van der Waals surface area (Å²) < 4.78 is 19.1. The van der Waals surface area contributed by atoms with Gasteiger partial charge in [0.1, 0.15) is 16.8 Å². The van der Waals surface area contributed by atoms with Crippen LogP contribution >= 0.6 is 0 Å². The van der Waals surface area contributed by atoms with Crippen LogP contribution in [0.25, 0.3) is 0 Å². The van der Waals surface area contributed by atoms with Crippen LogP contribution in [-0.4, -0.2) is 64.9 Å². The third-order valence-electron chi connectivity index (χ3n) is 3.47. The van der Waals surface area contributed by atoms with Crippen molar-refractivity contribution in [3.8, 4) is 0 Å². The molecule has 0 aliphatic carbocycles. The van der Waals surface area contributed by atoms with Gasteiger partial charge < -0.3 is 29.0 Å². The number of rotatable bonds is 1. The van der Waals surface area contributed by atoms with Crippen molar-refractivity contribution in [1.82, 2.24) is 4.90 Å². The Labute approximate surface area is 180 Å². The molecule has 1 rings (SSSR count). The largest absolute Gasteiger partial charge is 0.519 e. The number of piperidine rings is 1. The second kappa shape index (κ2) is 11.4. The van der Waals surface area contributed by atoms with Crippen LogP contribution in [-0.2, 0) is 18.9 Å². The molecule has 0 spiro atoms. The third-order valence-corrected chi connectivity index (χ3v) is 3.47. The monoisotopic (exact) mass is 433 g/mol. The fourth-order valence-corrected chi connectivity index (χ4v) is 2.23. The van der Waals surface area contributed by atoms with Crippen LogP contribution in [0.2, 0.25) is 0 Å². The van der Waals surface area contributed by atoms with Crippen LogP contribution in [0.3, 0.4) is 0 Å². The van der Waals surface area contributed by atoms with Crippen molar-refractivity contribution in [3.63, 3.8) is 0 Å². The number of hydrogen-bond acceptors (Lipinski definition) is 8. The van der Waals surface area contributed by atoms with E-state index in [2.05, 4.69) is 4.74 Å². The molecule has 0 unspecified atom stereocenters. The van der Waals surface area contributed by atoms with Crippen molar-refractivity contribution in [3.05, 3.63) is 0 Å². The van der Waals surface area contributed by atoms with Crippen LogP contribution in [0.5, 0.6) is 0 Å². The second-order valence-electron chi connectivity index (χ2n) is 10.1. The normalized spacial score (nSPS) is 15.5. The quantitative estimate of drug-likeness (QED) is 0.365. The number of nitrogens with zero attached hydrogens (tertiary/aromatic N) is 1. The number of ether oxygens (including phenoxy) is 4. The molecule has 0 aromatic rings. The first-order valence-corrected chi connectivity index (χ1v) is 10.1. The predicted molar refractivity (Wildman–Crippen MR) is 111 cm³/mol. The van der Waals surface area contributed by atoms with Crippen LogP contribution in [0.15, 0.2) is 0 Å². The zero-order chi connectivity index (χ0) is 23.8. The molecule has 9 heteroatoms. The first-order valence-electron chi connectivity index (χ1n) is 10.1. The highest BCUT2D eigenvalue weighted by Crippen LogP contribution is 2.19. The fraction of sp³-hybridized carbons (Fsp3) is 0.857. The second-order valence-corrected chi connectivity index (χ2v) is 10.1. The lowest BCUT2D eigenvalue weighted by molar-refractivity contribution is -0.0294. The van der Waals surface area contributed by atoms with Gasteiger partial charge in [0.15, 0.2) is 0 Å². The van der Waals surface area contributed by atoms with Gasteiger partial charge in [0.2, 0.25) is 0 Å². The van der Waals surface area contributed by atoms with Gasteiger partial charge in [-0.25, -0.2) is 14.4 Å². The number of hydrogen-bond donors (Lipinski definition) is 1. The molecule has 0 bridgehead atoms. The minimum atomic E-state index is -1.06. The van der Waals surface area contributed by atoms with Gasteiger partial charge in [-0.3, -0.25) is 0 Å². The third kappa shape index (κ3) is 14.9. The van der Waals surface area contributed by atoms with E-state index < -0.39 is 29.1 Å². The molecule has 1 amide bonds. The van der Waals surface area contributed by atoms with Gasteiger partial charge in [-0.15, -0.1) is 0 Å². The van der Waals surface area contributed by atoms with Gasteiger partial charge in [-0.1, -0.05) is 0 Å². The molecule has 9 nitrogen and oxygen atoms in total. The SMILES string of the molecule is CC(C)(C)OC(=O)N1CCC(CO)CC1.CC(C)(C)OC(=O)OC(=O)OC(C)(C)C. The maximum absolute atomic E-state index is 11.6. The first kappa shape index (κ1) is 28.0. The number of amides is 1. The van der Waals surface area contributed by atoms with E-state index >= 15 is 0 Å². The van der Waals surface area contributed by atoms with Crippen molar-refractivity contribution >= 4 is 18.4 Å². The Morgan fingerprint density at radius 1 is 0.767 bits per heavy atom. The average molecular weight is 434 g/mol. The van der Waals surface area contributed by atoms with Gasteiger partial charge in [0, 0.05) is 19.7 Å². The van der Waals surface area contributed by atoms with Crippen molar-refractivity contribution in [2.45, 2.75) is 92.0 Å². The van der Waals surface area contributed by atoms with Gasteiger partial charge in [0.25, 0.3) is 0 Å². The zero-order valence-electron chi connectivity index (χ0n) is 19.9. The lowest BCUT2D eigenvalue weighted by atomic mass is 9.98. The first-order chi connectivity index (χ1) is 13.4. The van der Waals surface area contributed by atoms with Crippen molar-refractivity contribution in [2.75, 3.05) is 19.7 Å². The molecule has 1 aliphatic heterocycles. The van der Waals surface area contributed by atoms with Crippen LogP contribution in [0.1, 0.15) is 75.2 Å². The van der Waals surface area contributed by atoms with Gasteiger partial charge in [-0.05, 0) is 81.1 Å². The Kier molecular flexibility index (Phi) is 10.6. The highest BCUT2D eigenvalue weighted by Gasteiger charge is 2.26. The number of aliphatic hydroxyl groups is 1. The zero-order valence-corrected chi connectivity index (χ0v) is 19.9. The minimum Gasteiger partial charge on any atom is -0.444 e. The van der Waals surface area contributed by atoms with Gasteiger partial charge in [0.05, 0.1) is 0 Å². The Hall–Kier alpha value is -2.03. The molecular formula is C21H39NO8. The number of likely N-dealkylation sites (tertiary alicyclic amines) is 1. The molecule has 0 saturated carbocycles. The Balaban J connectivity index is 0.000000561. The van der Waals surface area contributed by atoms with E-state index in [0.29, 0.717) is 19.0 Å². The summed E-state index contributed by atoms with van der Waals surface area (Å²) in [6.45, 7) is 17.2. The molecule has 1 fully saturated rings. The highest BCUT2D eigenvalue weighted by atomic mass is 16.8. The van der Waals surface area contributed by atoms with E-state index in [4.69, 9.17) is 19.3 Å². The van der Waals surface area contributed by atoms with E-state index in [1.165, 1.54) is 0 Å². The molecule has 1 N–H and O–H groups in total. The summed E-state index contributed by atoms with van der Waals surface area (Å²) in [6.07, 6.45) is -0.613. The standard InChI is InChI=1S/C11H21NO3.C10H18O5/c1-11(2,3)15-10(14)12-6-4-9(8-13)5-7-12;1-9(2,3)14-7(11)13-8(12)15-10(4,5)6/h9,13H,4-8H2,1-3H3;1-6H3. The maximum atomic E-state index is 11.6. The molecule has 30 heavy (non-hydrogen) atoms. The highest BCUT2D eigenvalue weighted by molar-refractivity contribution is 5.77. The Morgan fingerprint density at radius 3 is 1.43 bits per heavy atom. The minimum absolute atomic E-state index is 0.224. The molecule has 1 saturated heterocycles. The summed E-state index contributed by atoms with van der Waals surface area (Å²) in [5.41, 5.74) is -1.82. The van der Waals surface area contributed by atoms with Crippen LogP contribution in [0.4, 0.5) is 14.4 Å². The summed E-state index contributed by atoms with van der Waals surface area (Å²) in [6, 6.07) is 0. The molecule has 1 heterocycles. The van der Waals surface area contributed by atoms with Crippen molar-refractivity contribution in [2.24, 2.45) is 5.92 Å². The van der Waals surface area contributed by atoms with Crippen molar-refractivity contribution < 1.29 is 38.4 Å². The molecule has 176 valence electrons. The van der Waals surface area contributed by atoms with Crippen LogP contribution in [0, 0.1) is 5.92 Å². The van der Waals surface area contributed by atoms with E-state index in [-0.39, 0.29) is 12.7 Å². The molecule has 0 radical (unpaired) electrons. The van der Waals surface area contributed by atoms with E-state index in [1.54, 1.807) is 46.4 Å². The average Bonchev–Trinajstić information content (AvgIpc) is 2.50. The Bertz CT molecular complexity index is 535. The van der Waals surface area contributed by atoms with Crippen LogP contribution < -0.4 is 0 Å². The van der Waals surface area contributed by atoms with Gasteiger partial charge >= 0.3 is 18.4 Å². The summed E-state index contributed by atoms with van der Waals surface area (Å²) in [4.78, 5) is 35.4. The maximum Gasteiger partial charge on any atom is 0.519 e. The molecule has 0 aromatic heterocycles. The topological polar surface area (TPSA) is 112 Å². The number of carbonyl (C=O) groups excluding carboxylic acids is 3. The number of carbonyl (C=O) groups is 3. The lowest BCUT2D eigenvalue weighted by Crippen LogP contribution is -2.42. The fourth-order valence-electron chi connectivity index (χ4n) is 2.23. The van der Waals surface area contributed by atoms with Gasteiger partial charge in [-0.2, -0.15) is 0 Å². The van der Waals surface area contributed by atoms with Crippen molar-refractivity contribution in [1.29, 1.82) is 0 Å². The number of aliphatic hydroxyl groups excluding tert-OH is 1. The summed E-state index contributed by atoms with van der Waals surface area (Å²) in [5, 5.41) is 8.97. The molecule has 0 atom stereocenters. The summed E-state index contributed by atoms with van der Waals surface area (Å²) >= 11 is 0. The van der Waals surface area contributed by atoms with E-state index in [1.807, 2.05) is 20.8 Å². The molecular weight excluding hydrogens is 394 g/mol. The predicted octanol–water partition coefficient (Wildman–Crippen LogP) is 4.50. The lowest BCUT2D eigenvalue weighted by Gasteiger charge is -2.32.